The minimum absolute atomic E-state index is 0.645. The molecule has 0 rings (SSSR count). The Morgan fingerprint density at radius 3 is 1.92 bits per heavy atom. The molecule has 0 saturated heterocycles. The van der Waals surface area contributed by atoms with E-state index >= 15 is 0 Å². The molecule has 0 unspecified atom stereocenters. The number of unbranched alkanes of at least 4 members (excludes halogenated alkanes) is 1. The van der Waals surface area contributed by atoms with Gasteiger partial charge in [-0.15, -0.1) is 0 Å². The van der Waals surface area contributed by atoms with Crippen LogP contribution in [-0.2, 0) is 0 Å². The fourth-order valence-electron chi connectivity index (χ4n) is 1.50. The summed E-state index contributed by atoms with van der Waals surface area (Å²) in [5, 5.41) is 0. The van der Waals surface area contributed by atoms with Gasteiger partial charge in [0.15, 0.2) is 0 Å². The van der Waals surface area contributed by atoms with Crippen LogP contribution < -0.4 is 0 Å². The molecule has 0 fully saturated rings. The van der Waals surface area contributed by atoms with Crippen molar-refractivity contribution < 1.29 is 0 Å². The van der Waals surface area contributed by atoms with E-state index in [4.69, 9.17) is 0 Å². The molecule has 0 aliphatic carbocycles. The van der Waals surface area contributed by atoms with E-state index in [2.05, 4.69) is 51.7 Å². The fraction of sp³-hybridized carbons (Fsp3) is 0.833. The van der Waals surface area contributed by atoms with Crippen molar-refractivity contribution in [3.05, 3.63) is 12.2 Å². The number of nitrogens with zero attached hydrogens (tertiary/aromatic N) is 1. The summed E-state index contributed by atoms with van der Waals surface area (Å²) in [6.45, 7) is 12.3. The van der Waals surface area contributed by atoms with E-state index in [-0.39, 0.29) is 0 Å². The second-order valence-electron chi connectivity index (χ2n) is 4.14. The highest BCUT2D eigenvalue weighted by Gasteiger charge is 2.10. The SMILES string of the molecule is CCCC=CCN(C(C)C)C(C)C. The molecule has 0 N–H and O–H groups in total. The first kappa shape index (κ1) is 12.7. The number of allylic oxidation sites excluding steroid dienone is 1. The summed E-state index contributed by atoms with van der Waals surface area (Å²) >= 11 is 0. The van der Waals surface area contributed by atoms with Crippen LogP contribution >= 0.6 is 0 Å². The highest BCUT2D eigenvalue weighted by Crippen LogP contribution is 2.04. The zero-order valence-corrected chi connectivity index (χ0v) is 9.88. The molecule has 0 amide bonds. The average molecular weight is 183 g/mol. The van der Waals surface area contributed by atoms with E-state index in [9.17, 15) is 0 Å². The summed E-state index contributed by atoms with van der Waals surface area (Å²) in [6.07, 6.45) is 7.05. The molecule has 13 heavy (non-hydrogen) atoms. The minimum Gasteiger partial charge on any atom is -0.295 e. The molecule has 0 saturated carbocycles. The Hall–Kier alpha value is -0.300. The topological polar surface area (TPSA) is 3.24 Å². The van der Waals surface area contributed by atoms with Crippen LogP contribution in [0, 0.1) is 0 Å². The quantitative estimate of drug-likeness (QED) is 0.570. The molecule has 78 valence electrons. The maximum atomic E-state index is 2.49. The van der Waals surface area contributed by atoms with Crippen molar-refractivity contribution in [1.82, 2.24) is 4.90 Å². The molecule has 1 heteroatoms. The molecule has 0 radical (unpaired) electrons. The van der Waals surface area contributed by atoms with Crippen LogP contribution in [0.3, 0.4) is 0 Å². The first-order valence-electron chi connectivity index (χ1n) is 5.50. The largest absolute Gasteiger partial charge is 0.295 e. The van der Waals surface area contributed by atoms with Crippen molar-refractivity contribution in [3.63, 3.8) is 0 Å². The van der Waals surface area contributed by atoms with Gasteiger partial charge >= 0.3 is 0 Å². The highest BCUT2D eigenvalue weighted by atomic mass is 15.2. The number of hydrogen-bond acceptors (Lipinski definition) is 1. The first-order chi connectivity index (χ1) is 6.09. The predicted molar refractivity (Wildman–Crippen MR) is 61.0 cm³/mol. The molecule has 0 aliphatic rings. The molecule has 0 aromatic heterocycles. The van der Waals surface area contributed by atoms with Gasteiger partial charge in [0.05, 0.1) is 0 Å². The Morgan fingerprint density at radius 2 is 1.54 bits per heavy atom. The van der Waals surface area contributed by atoms with Crippen molar-refractivity contribution in [2.45, 2.75) is 59.5 Å². The zero-order valence-electron chi connectivity index (χ0n) is 9.88. The summed E-state index contributed by atoms with van der Waals surface area (Å²) in [5.41, 5.74) is 0. The van der Waals surface area contributed by atoms with Crippen LogP contribution in [0.5, 0.6) is 0 Å². The first-order valence-corrected chi connectivity index (χ1v) is 5.50. The molecular formula is C12H25N. The molecule has 0 heterocycles. The van der Waals surface area contributed by atoms with Crippen molar-refractivity contribution in [1.29, 1.82) is 0 Å². The lowest BCUT2D eigenvalue weighted by Crippen LogP contribution is -2.36. The molecule has 0 spiro atoms. The maximum Gasteiger partial charge on any atom is 0.0168 e. The van der Waals surface area contributed by atoms with Gasteiger partial charge in [-0.3, -0.25) is 4.90 Å². The standard InChI is InChI=1S/C12H25N/c1-6-7-8-9-10-13(11(2)3)12(4)5/h8-9,11-12H,6-7,10H2,1-5H3. The monoisotopic (exact) mass is 183 g/mol. The molecule has 0 aromatic rings. The van der Waals surface area contributed by atoms with Gasteiger partial charge in [-0.25, -0.2) is 0 Å². The second-order valence-corrected chi connectivity index (χ2v) is 4.14. The van der Waals surface area contributed by atoms with Crippen LogP contribution in [0.2, 0.25) is 0 Å². The van der Waals surface area contributed by atoms with E-state index in [0.717, 1.165) is 6.54 Å². The second kappa shape index (κ2) is 7.14. The Kier molecular flexibility index (Phi) is 6.97. The summed E-state index contributed by atoms with van der Waals surface area (Å²) in [4.78, 5) is 2.49. The van der Waals surface area contributed by atoms with Gasteiger partial charge in [-0.05, 0) is 34.1 Å². The highest BCUT2D eigenvalue weighted by molar-refractivity contribution is 4.86. The van der Waals surface area contributed by atoms with E-state index in [0.29, 0.717) is 12.1 Å². The van der Waals surface area contributed by atoms with E-state index < -0.39 is 0 Å². The minimum atomic E-state index is 0.645. The van der Waals surface area contributed by atoms with Gasteiger partial charge in [-0.2, -0.15) is 0 Å². The molecular weight excluding hydrogens is 158 g/mol. The Balaban J connectivity index is 3.83. The van der Waals surface area contributed by atoms with Crippen molar-refractivity contribution in [2.75, 3.05) is 6.54 Å². The van der Waals surface area contributed by atoms with Crippen LogP contribution in [0.25, 0.3) is 0 Å². The molecule has 0 aliphatic heterocycles. The fourth-order valence-corrected chi connectivity index (χ4v) is 1.50. The van der Waals surface area contributed by atoms with Gasteiger partial charge < -0.3 is 0 Å². The van der Waals surface area contributed by atoms with Crippen molar-refractivity contribution >= 4 is 0 Å². The van der Waals surface area contributed by atoms with Crippen LogP contribution in [0.15, 0.2) is 12.2 Å². The summed E-state index contributed by atoms with van der Waals surface area (Å²) in [7, 11) is 0. The molecule has 0 bridgehead atoms. The Morgan fingerprint density at radius 1 is 1.00 bits per heavy atom. The van der Waals surface area contributed by atoms with E-state index in [1.807, 2.05) is 0 Å². The Bertz CT molecular complexity index is 128. The Labute approximate surface area is 83.8 Å². The van der Waals surface area contributed by atoms with E-state index in [1.165, 1.54) is 12.8 Å². The third-order valence-corrected chi connectivity index (χ3v) is 2.26. The number of rotatable bonds is 6. The number of hydrogen-bond donors (Lipinski definition) is 0. The van der Waals surface area contributed by atoms with Gasteiger partial charge in [0.25, 0.3) is 0 Å². The van der Waals surface area contributed by atoms with Crippen LogP contribution in [0.4, 0.5) is 0 Å². The zero-order chi connectivity index (χ0) is 10.3. The third-order valence-electron chi connectivity index (χ3n) is 2.26. The lowest BCUT2D eigenvalue weighted by molar-refractivity contribution is 0.196. The lowest BCUT2D eigenvalue weighted by Gasteiger charge is -2.29. The van der Waals surface area contributed by atoms with Crippen molar-refractivity contribution in [3.8, 4) is 0 Å². The summed E-state index contributed by atoms with van der Waals surface area (Å²) in [5.74, 6) is 0. The molecule has 0 aromatic carbocycles. The maximum absolute atomic E-state index is 2.49. The van der Waals surface area contributed by atoms with Crippen molar-refractivity contribution in [2.24, 2.45) is 0 Å². The summed E-state index contributed by atoms with van der Waals surface area (Å²) < 4.78 is 0. The average Bonchev–Trinajstić information content (AvgIpc) is 2.02. The van der Waals surface area contributed by atoms with Gasteiger partial charge in [0.1, 0.15) is 0 Å². The third kappa shape index (κ3) is 5.87. The van der Waals surface area contributed by atoms with Gasteiger partial charge in [0.2, 0.25) is 0 Å². The normalized spacial score (nSPS) is 12.6. The van der Waals surface area contributed by atoms with E-state index in [1.54, 1.807) is 0 Å². The van der Waals surface area contributed by atoms with Gasteiger partial charge in [-0.1, -0.05) is 25.5 Å². The lowest BCUT2D eigenvalue weighted by atomic mass is 10.2. The predicted octanol–water partition coefficient (Wildman–Crippen LogP) is 3.46. The van der Waals surface area contributed by atoms with Gasteiger partial charge in [0, 0.05) is 18.6 Å². The van der Waals surface area contributed by atoms with Crippen LogP contribution in [0.1, 0.15) is 47.5 Å². The van der Waals surface area contributed by atoms with Crippen LogP contribution in [-0.4, -0.2) is 23.5 Å². The molecule has 0 atom stereocenters. The summed E-state index contributed by atoms with van der Waals surface area (Å²) in [6, 6.07) is 1.29. The molecule has 1 nitrogen and oxygen atoms in total. The smallest absolute Gasteiger partial charge is 0.0168 e.